The van der Waals surface area contributed by atoms with E-state index in [2.05, 4.69) is 50.2 Å². The summed E-state index contributed by atoms with van der Waals surface area (Å²) in [5.41, 5.74) is 3.38. The van der Waals surface area contributed by atoms with E-state index in [1.54, 1.807) is 0 Å². The van der Waals surface area contributed by atoms with Crippen molar-refractivity contribution in [2.24, 2.45) is 0 Å². The van der Waals surface area contributed by atoms with E-state index in [0.717, 1.165) is 11.3 Å². The third kappa shape index (κ3) is 4.89. The van der Waals surface area contributed by atoms with Crippen molar-refractivity contribution in [3.05, 3.63) is 71.3 Å². The standard InChI is InChI=1S/C16H15O.4ClH.Fe/c1-16(2)14-11-7-6-10-13(14)15(17-16)12-8-4-3-5-9-12;;;;;/h3-11H,1-2H3;4*1H;/q+1;;;;;+3/p-4. The van der Waals surface area contributed by atoms with Gasteiger partial charge < -0.3 is 0 Å². The fraction of sp³-hybridized carbons (Fsp3) is 0.188. The van der Waals surface area contributed by atoms with Crippen LogP contribution in [0.25, 0.3) is 0 Å². The predicted molar refractivity (Wildman–Crippen MR) is 92.8 cm³/mol. The van der Waals surface area contributed by atoms with Gasteiger partial charge in [-0.3, -0.25) is 0 Å². The van der Waals surface area contributed by atoms with E-state index >= 15 is 0 Å². The fourth-order valence-corrected chi connectivity index (χ4v) is 2.38. The summed E-state index contributed by atoms with van der Waals surface area (Å²) in [5, 5.41) is 0. The zero-order valence-corrected chi connectivity index (χ0v) is 16.1. The average Bonchev–Trinajstić information content (AvgIpc) is 2.71. The minimum absolute atomic E-state index is 0.234. The van der Waals surface area contributed by atoms with Gasteiger partial charge in [-0.05, 0) is 24.3 Å². The predicted octanol–water partition coefficient (Wildman–Crippen LogP) is 6.46. The van der Waals surface area contributed by atoms with Gasteiger partial charge >= 0.3 is 61.0 Å². The van der Waals surface area contributed by atoms with Gasteiger partial charge in [-0.2, -0.15) is 0 Å². The van der Waals surface area contributed by atoms with Crippen LogP contribution in [0.15, 0.2) is 54.6 Å². The van der Waals surface area contributed by atoms with Crippen LogP contribution < -0.4 is 0 Å². The van der Waals surface area contributed by atoms with Gasteiger partial charge in [-0.25, -0.2) is 4.42 Å². The van der Waals surface area contributed by atoms with Crippen molar-refractivity contribution in [3.8, 4) is 0 Å². The SMILES string of the molecule is CC1(C)[O+]=C(c2ccccc2)c2ccccc21.[Cl][Fe-]([Cl])([Cl])[Cl]. The van der Waals surface area contributed by atoms with Gasteiger partial charge in [0.2, 0.25) is 0 Å². The Morgan fingerprint density at radius 1 is 0.818 bits per heavy atom. The van der Waals surface area contributed by atoms with Crippen LogP contribution in [0.5, 0.6) is 0 Å². The van der Waals surface area contributed by atoms with Crippen LogP contribution in [0.4, 0.5) is 0 Å². The third-order valence-corrected chi connectivity index (χ3v) is 3.21. The number of ketones is 1. The second kappa shape index (κ2) is 7.13. The molecule has 6 heteroatoms. The average molecular weight is 421 g/mol. The second-order valence-corrected chi connectivity index (χ2v) is 16.1. The molecule has 2 aromatic carbocycles. The zero-order chi connectivity index (χ0) is 16.4. The van der Waals surface area contributed by atoms with Gasteiger partial charge in [-0.1, -0.05) is 30.3 Å². The molecule has 0 radical (unpaired) electrons. The molecule has 0 bridgehead atoms. The quantitative estimate of drug-likeness (QED) is 0.370. The normalized spacial score (nSPS) is 16.2. The number of rotatable bonds is 1. The molecule has 1 aliphatic heterocycles. The van der Waals surface area contributed by atoms with Gasteiger partial charge in [-0.15, -0.1) is 0 Å². The summed E-state index contributed by atoms with van der Waals surface area (Å²) >= 11 is 0. The van der Waals surface area contributed by atoms with E-state index in [9.17, 15) is 0 Å². The molecule has 3 rings (SSSR count). The molecule has 0 unspecified atom stereocenters. The van der Waals surface area contributed by atoms with E-state index in [-0.39, 0.29) is 5.60 Å². The molecule has 2 aromatic rings. The molecule has 1 aliphatic rings. The van der Waals surface area contributed by atoms with Crippen molar-refractivity contribution < 1.29 is 13.6 Å². The number of halogens is 4. The van der Waals surface area contributed by atoms with Gasteiger partial charge in [0.1, 0.15) is 0 Å². The molecule has 0 saturated carbocycles. The first-order valence-electron chi connectivity index (χ1n) is 6.43. The molecule has 0 aromatic heterocycles. The van der Waals surface area contributed by atoms with E-state index < -0.39 is 9.20 Å². The first kappa shape index (κ1) is 18.1. The van der Waals surface area contributed by atoms with Crippen molar-refractivity contribution in [3.63, 3.8) is 0 Å². The van der Waals surface area contributed by atoms with Gasteiger partial charge in [0, 0.05) is 13.8 Å². The Balaban J connectivity index is 0.000000309. The Bertz CT molecular complexity index is 672. The molecule has 0 saturated heterocycles. The van der Waals surface area contributed by atoms with E-state index in [1.165, 1.54) is 11.1 Å². The van der Waals surface area contributed by atoms with Crippen LogP contribution in [0, 0.1) is 0 Å². The number of hydrogen-bond donors (Lipinski definition) is 0. The molecule has 22 heavy (non-hydrogen) atoms. The van der Waals surface area contributed by atoms with Crippen molar-refractivity contribution >= 4 is 46.2 Å². The Morgan fingerprint density at radius 3 is 1.91 bits per heavy atom. The molecule has 0 amide bonds. The molecule has 0 fully saturated rings. The van der Waals surface area contributed by atoms with Crippen molar-refractivity contribution in [1.82, 2.24) is 0 Å². The number of benzene rings is 2. The Morgan fingerprint density at radius 2 is 1.32 bits per heavy atom. The summed E-state index contributed by atoms with van der Waals surface area (Å²) in [6, 6.07) is 18.7. The molecule has 0 aliphatic carbocycles. The summed E-state index contributed by atoms with van der Waals surface area (Å²) in [7, 11) is 17.2. The second-order valence-electron chi connectivity index (χ2n) is 5.16. The van der Waals surface area contributed by atoms with E-state index in [1.807, 2.05) is 18.2 Å². The van der Waals surface area contributed by atoms with E-state index in [4.69, 9.17) is 44.8 Å². The molecule has 0 spiro atoms. The summed E-state index contributed by atoms with van der Waals surface area (Å²) in [6.45, 7) is 4.23. The summed E-state index contributed by atoms with van der Waals surface area (Å²) in [4.78, 5) is 0. The van der Waals surface area contributed by atoms with Gasteiger partial charge in [0.15, 0.2) is 0 Å². The number of fused-ring (bicyclic) bond motifs is 1. The number of hydrogen-bond acceptors (Lipinski definition) is 0. The molecule has 0 N–H and O–H groups in total. The van der Waals surface area contributed by atoms with Gasteiger partial charge in [0.25, 0.3) is 0 Å². The van der Waals surface area contributed by atoms with Crippen LogP contribution in [0.2, 0.25) is 0 Å². The van der Waals surface area contributed by atoms with Crippen LogP contribution in [0.3, 0.4) is 0 Å². The monoisotopic (exact) mass is 419 g/mol. The Kier molecular flexibility index (Phi) is 5.88. The summed E-state index contributed by atoms with van der Waals surface area (Å²) in [5.74, 6) is 0.992. The molecule has 121 valence electrons. The van der Waals surface area contributed by atoms with Crippen LogP contribution in [-0.2, 0) is 14.8 Å². The fourth-order valence-electron chi connectivity index (χ4n) is 2.38. The van der Waals surface area contributed by atoms with Crippen molar-refractivity contribution in [2.75, 3.05) is 0 Å². The van der Waals surface area contributed by atoms with Crippen LogP contribution >= 0.6 is 40.4 Å². The van der Waals surface area contributed by atoms with Crippen LogP contribution in [-0.4, -0.2) is 5.78 Å². The first-order chi connectivity index (χ1) is 10.2. The molecular formula is C16H15Cl4FeO. The molecule has 0 atom stereocenters. The van der Waals surface area contributed by atoms with E-state index in [0.29, 0.717) is 0 Å². The summed E-state index contributed by atoms with van der Waals surface area (Å²) < 4.78 is 6.12. The van der Waals surface area contributed by atoms with Crippen molar-refractivity contribution in [1.29, 1.82) is 0 Å². The Hall–Kier alpha value is -0.211. The van der Waals surface area contributed by atoms with Crippen molar-refractivity contribution in [2.45, 2.75) is 19.4 Å². The third-order valence-electron chi connectivity index (χ3n) is 3.21. The molecule has 1 nitrogen and oxygen atoms in total. The van der Waals surface area contributed by atoms with Crippen LogP contribution in [0.1, 0.15) is 35.0 Å². The minimum atomic E-state index is -2.61. The molecular weight excluding hydrogens is 406 g/mol. The van der Waals surface area contributed by atoms with Gasteiger partial charge in [0.05, 0.1) is 16.7 Å². The molecule has 1 heterocycles. The summed E-state index contributed by atoms with van der Waals surface area (Å²) in [6.07, 6.45) is 0. The zero-order valence-electron chi connectivity index (χ0n) is 12.0. The first-order valence-corrected chi connectivity index (χ1v) is 12.5. The Labute approximate surface area is 150 Å². The maximum atomic E-state index is 6.12. The topological polar surface area (TPSA) is 11.3 Å². The number of carbonyl (C=O) groups excluding carboxylic acids is 1. The maximum absolute atomic E-state index is 6.12.